The summed E-state index contributed by atoms with van der Waals surface area (Å²) < 4.78 is 0. The lowest BCUT2D eigenvalue weighted by Crippen LogP contribution is -2.55. The molecule has 0 spiro atoms. The van der Waals surface area contributed by atoms with Crippen molar-refractivity contribution >= 4 is 40.1 Å². The Morgan fingerprint density at radius 2 is 1.77 bits per heavy atom. The van der Waals surface area contributed by atoms with Crippen LogP contribution in [0.1, 0.15) is 42.6 Å². The molecule has 2 aliphatic heterocycles. The van der Waals surface area contributed by atoms with Gasteiger partial charge in [-0.05, 0) is 55.2 Å². The fraction of sp³-hybridized carbons (Fsp3) is 0.394. The number of fused-ring (bicyclic) bond motifs is 3. The van der Waals surface area contributed by atoms with Crippen LogP contribution < -0.4 is 21.3 Å². The van der Waals surface area contributed by atoms with Crippen molar-refractivity contribution in [3.8, 4) is 0 Å². The van der Waals surface area contributed by atoms with E-state index in [4.69, 9.17) is 5.73 Å². The highest BCUT2D eigenvalue weighted by molar-refractivity contribution is 6.11. The average molecular weight is 586 g/mol. The molecule has 2 aliphatic rings. The van der Waals surface area contributed by atoms with Crippen LogP contribution in [0.15, 0.2) is 66.7 Å². The maximum atomic E-state index is 13.9. The summed E-state index contributed by atoms with van der Waals surface area (Å²) >= 11 is 0. The number of aliphatic hydroxyl groups excluding tert-OH is 1. The SMILES string of the molecule is CC(C)(CN1C(=O)C2CCCN2C(=O)c2ccccc21)C(=O)N[C@H](Cc1ccc2ccccc2c1)C(=O)NCC(O)CN. The number of benzene rings is 3. The average Bonchev–Trinajstić information content (AvgIpc) is 3.49. The van der Waals surface area contributed by atoms with E-state index in [0.717, 1.165) is 22.8 Å². The quantitative estimate of drug-likeness (QED) is 0.286. The molecule has 0 saturated carbocycles. The van der Waals surface area contributed by atoms with E-state index in [9.17, 15) is 24.3 Å². The molecule has 10 nitrogen and oxygen atoms in total. The number of aliphatic hydroxyl groups is 1. The molecule has 1 fully saturated rings. The van der Waals surface area contributed by atoms with Crippen LogP contribution >= 0.6 is 0 Å². The highest BCUT2D eigenvalue weighted by atomic mass is 16.3. The van der Waals surface area contributed by atoms with Crippen LogP contribution in [-0.4, -0.2) is 78.0 Å². The zero-order chi connectivity index (χ0) is 30.7. The van der Waals surface area contributed by atoms with Crippen LogP contribution in [0.5, 0.6) is 0 Å². The number of hydrogen-bond donors (Lipinski definition) is 4. The van der Waals surface area contributed by atoms with Gasteiger partial charge in [0, 0.05) is 32.6 Å². The van der Waals surface area contributed by atoms with Gasteiger partial charge in [0.05, 0.1) is 22.8 Å². The second-order valence-electron chi connectivity index (χ2n) is 12.0. The van der Waals surface area contributed by atoms with Crippen molar-refractivity contribution in [1.82, 2.24) is 15.5 Å². The molecular formula is C33H39N5O5. The Hall–Kier alpha value is -4.28. The normalized spacial score (nSPS) is 18.1. The number of para-hydroxylation sites is 1. The van der Waals surface area contributed by atoms with E-state index in [2.05, 4.69) is 10.6 Å². The molecule has 43 heavy (non-hydrogen) atoms. The number of nitrogens with one attached hydrogen (secondary N) is 2. The Labute approximate surface area is 251 Å². The maximum absolute atomic E-state index is 13.9. The molecule has 10 heteroatoms. The minimum atomic E-state index is -1.13. The molecule has 1 saturated heterocycles. The van der Waals surface area contributed by atoms with E-state index in [1.807, 2.05) is 42.5 Å². The number of carbonyl (C=O) groups is 4. The van der Waals surface area contributed by atoms with Crippen LogP contribution in [0, 0.1) is 5.41 Å². The van der Waals surface area contributed by atoms with Crippen LogP contribution in [-0.2, 0) is 20.8 Å². The molecule has 2 heterocycles. The van der Waals surface area contributed by atoms with E-state index in [1.165, 1.54) is 0 Å². The highest BCUT2D eigenvalue weighted by Crippen LogP contribution is 2.34. The lowest BCUT2D eigenvalue weighted by molar-refractivity contribution is -0.134. The molecule has 5 N–H and O–H groups in total. The van der Waals surface area contributed by atoms with Gasteiger partial charge in [-0.2, -0.15) is 0 Å². The monoisotopic (exact) mass is 585 g/mol. The molecule has 3 aromatic carbocycles. The topological polar surface area (TPSA) is 145 Å². The smallest absolute Gasteiger partial charge is 0.256 e. The van der Waals surface area contributed by atoms with Gasteiger partial charge in [-0.1, -0.05) is 54.6 Å². The first kappa shape index (κ1) is 30.2. The van der Waals surface area contributed by atoms with E-state index in [0.29, 0.717) is 24.2 Å². The molecule has 4 amide bonds. The molecular weight excluding hydrogens is 546 g/mol. The minimum absolute atomic E-state index is 0.0126. The predicted octanol–water partition coefficient (Wildman–Crippen LogP) is 1.98. The van der Waals surface area contributed by atoms with Gasteiger partial charge in [0.25, 0.3) is 5.91 Å². The molecule has 3 atom stereocenters. The zero-order valence-electron chi connectivity index (χ0n) is 24.6. The third-order valence-electron chi connectivity index (χ3n) is 8.32. The highest BCUT2D eigenvalue weighted by Gasteiger charge is 2.44. The van der Waals surface area contributed by atoms with E-state index < -0.39 is 35.4 Å². The maximum Gasteiger partial charge on any atom is 0.256 e. The number of hydrogen-bond acceptors (Lipinski definition) is 6. The fourth-order valence-corrected chi connectivity index (χ4v) is 5.83. The minimum Gasteiger partial charge on any atom is -0.390 e. The molecule has 0 bridgehead atoms. The summed E-state index contributed by atoms with van der Waals surface area (Å²) in [7, 11) is 0. The third-order valence-corrected chi connectivity index (χ3v) is 8.32. The van der Waals surface area contributed by atoms with Crippen molar-refractivity contribution in [1.29, 1.82) is 0 Å². The van der Waals surface area contributed by atoms with Crippen molar-refractivity contribution in [2.75, 3.05) is 31.1 Å². The number of carbonyl (C=O) groups excluding carboxylic acids is 4. The number of rotatable bonds is 10. The molecule has 2 unspecified atom stereocenters. The summed E-state index contributed by atoms with van der Waals surface area (Å²) in [5.74, 6) is -1.26. The predicted molar refractivity (Wildman–Crippen MR) is 164 cm³/mol. The number of nitrogens with zero attached hydrogens (tertiary/aromatic N) is 2. The van der Waals surface area contributed by atoms with Crippen LogP contribution in [0.3, 0.4) is 0 Å². The second kappa shape index (κ2) is 12.5. The zero-order valence-corrected chi connectivity index (χ0v) is 24.6. The Bertz CT molecular complexity index is 1540. The summed E-state index contributed by atoms with van der Waals surface area (Å²) in [5, 5.41) is 17.6. The molecule has 0 radical (unpaired) electrons. The van der Waals surface area contributed by atoms with Gasteiger partial charge in [0.1, 0.15) is 12.1 Å². The largest absolute Gasteiger partial charge is 0.390 e. The lowest BCUT2D eigenvalue weighted by atomic mass is 9.89. The first-order valence-corrected chi connectivity index (χ1v) is 14.7. The summed E-state index contributed by atoms with van der Waals surface area (Å²) in [5.41, 5.74) is 6.15. The standard InChI is InChI=1S/C33H39N5O5/c1-33(2,20-38-27-11-6-5-10-25(27)30(41)37-15-7-12-28(37)31(38)42)32(43)36-26(29(40)35-19-24(39)18-34)17-21-13-14-22-8-3-4-9-23(22)16-21/h3-6,8-11,13-14,16,24,26,28,39H,7,12,15,17-20,34H2,1-2H3,(H,35,40)(H,36,43)/t24?,26-,28?/m1/s1. The van der Waals surface area contributed by atoms with Gasteiger partial charge < -0.3 is 31.3 Å². The van der Waals surface area contributed by atoms with Crippen molar-refractivity contribution < 1.29 is 24.3 Å². The summed E-state index contributed by atoms with van der Waals surface area (Å²) in [6, 6.07) is 19.2. The Morgan fingerprint density at radius 3 is 2.53 bits per heavy atom. The summed E-state index contributed by atoms with van der Waals surface area (Å²) in [4.78, 5) is 57.5. The van der Waals surface area contributed by atoms with Gasteiger partial charge in [-0.25, -0.2) is 0 Å². The van der Waals surface area contributed by atoms with Crippen molar-refractivity contribution in [2.24, 2.45) is 11.1 Å². The second-order valence-corrected chi connectivity index (χ2v) is 12.0. The third kappa shape index (κ3) is 6.40. The lowest BCUT2D eigenvalue weighted by Gasteiger charge is -2.34. The van der Waals surface area contributed by atoms with Crippen LogP contribution in [0.4, 0.5) is 5.69 Å². The number of anilines is 1. The fourth-order valence-electron chi connectivity index (χ4n) is 5.83. The molecule has 0 aromatic heterocycles. The van der Waals surface area contributed by atoms with Crippen molar-refractivity contribution in [3.63, 3.8) is 0 Å². The first-order chi connectivity index (χ1) is 20.6. The molecule has 0 aliphatic carbocycles. The molecule has 226 valence electrons. The van der Waals surface area contributed by atoms with Crippen LogP contribution in [0.2, 0.25) is 0 Å². The van der Waals surface area contributed by atoms with Crippen molar-refractivity contribution in [2.45, 2.75) is 51.3 Å². The first-order valence-electron chi connectivity index (χ1n) is 14.7. The van der Waals surface area contributed by atoms with Gasteiger partial charge in [-0.15, -0.1) is 0 Å². The van der Waals surface area contributed by atoms with E-state index in [-0.39, 0.29) is 37.9 Å². The molecule has 5 rings (SSSR count). The van der Waals surface area contributed by atoms with Gasteiger partial charge in [0.15, 0.2) is 0 Å². The van der Waals surface area contributed by atoms with E-state index in [1.54, 1.807) is 47.9 Å². The Kier molecular flexibility index (Phi) is 8.79. The summed E-state index contributed by atoms with van der Waals surface area (Å²) in [6.45, 7) is 3.92. The Balaban J connectivity index is 1.39. The molecule has 3 aromatic rings. The van der Waals surface area contributed by atoms with Gasteiger partial charge in [0.2, 0.25) is 17.7 Å². The Morgan fingerprint density at radius 1 is 1.05 bits per heavy atom. The summed E-state index contributed by atoms with van der Waals surface area (Å²) in [6.07, 6.45) is 0.620. The van der Waals surface area contributed by atoms with Crippen molar-refractivity contribution in [3.05, 3.63) is 77.9 Å². The van der Waals surface area contributed by atoms with Gasteiger partial charge in [-0.3, -0.25) is 19.2 Å². The van der Waals surface area contributed by atoms with Gasteiger partial charge >= 0.3 is 0 Å². The van der Waals surface area contributed by atoms with E-state index >= 15 is 0 Å². The van der Waals surface area contributed by atoms with Crippen LogP contribution in [0.25, 0.3) is 10.8 Å². The number of nitrogens with two attached hydrogens (primary N) is 1. The number of amides is 4.